The van der Waals surface area contributed by atoms with Crippen molar-refractivity contribution in [2.75, 3.05) is 18.4 Å². The summed E-state index contributed by atoms with van der Waals surface area (Å²) in [4.78, 5) is 11.6. The molecule has 2 rings (SSSR count). The minimum atomic E-state index is 0.0605. The highest BCUT2D eigenvalue weighted by Gasteiger charge is 2.21. The van der Waals surface area contributed by atoms with Gasteiger partial charge in [-0.1, -0.05) is 6.07 Å². The van der Waals surface area contributed by atoms with Crippen LogP contribution in [0.2, 0.25) is 0 Å². The van der Waals surface area contributed by atoms with Gasteiger partial charge in [-0.3, -0.25) is 4.79 Å². The van der Waals surface area contributed by atoms with Crippen molar-refractivity contribution in [1.82, 2.24) is 5.32 Å². The molecule has 0 unspecified atom stereocenters. The van der Waals surface area contributed by atoms with Gasteiger partial charge < -0.3 is 10.6 Å². The summed E-state index contributed by atoms with van der Waals surface area (Å²) in [6, 6.07) is 6.04. The first-order valence-electron chi connectivity index (χ1n) is 5.92. The number of halogens is 1. The Balaban J connectivity index is 1.79. The first kappa shape index (κ1) is 12.4. The second-order valence-corrected chi connectivity index (χ2v) is 5.44. The second-order valence-electron chi connectivity index (χ2n) is 4.58. The molecule has 0 spiro atoms. The Morgan fingerprint density at radius 2 is 2.24 bits per heavy atom. The van der Waals surface area contributed by atoms with Gasteiger partial charge >= 0.3 is 0 Å². The molecule has 0 atom stereocenters. The average Bonchev–Trinajstić information content (AvgIpc) is 3.11. The third-order valence-electron chi connectivity index (χ3n) is 2.85. The third kappa shape index (κ3) is 4.04. The summed E-state index contributed by atoms with van der Waals surface area (Å²) >= 11 is 3.46. The molecule has 1 amide bonds. The number of carbonyl (C=O) groups excluding carboxylic acids is 1. The number of rotatable bonds is 5. The lowest BCUT2D eigenvalue weighted by molar-refractivity contribution is -0.119. The Bertz CT molecular complexity index is 416. The lowest BCUT2D eigenvalue weighted by atomic mass is 10.2. The van der Waals surface area contributed by atoms with Gasteiger partial charge in [0.25, 0.3) is 0 Å². The van der Waals surface area contributed by atoms with E-state index in [4.69, 9.17) is 0 Å². The predicted octanol–water partition coefficient (Wildman–Crippen LogP) is 2.70. The fourth-order valence-electron chi connectivity index (χ4n) is 1.59. The monoisotopic (exact) mass is 296 g/mol. The lowest BCUT2D eigenvalue weighted by Gasteiger charge is -2.09. The SMILES string of the molecule is Cc1ccc(Br)c(NCC(=O)NCC2CC2)c1. The van der Waals surface area contributed by atoms with Crippen LogP contribution >= 0.6 is 15.9 Å². The van der Waals surface area contributed by atoms with Gasteiger partial charge in [-0.2, -0.15) is 0 Å². The van der Waals surface area contributed by atoms with E-state index in [1.165, 1.54) is 18.4 Å². The summed E-state index contributed by atoms with van der Waals surface area (Å²) in [5, 5.41) is 6.07. The molecule has 3 nitrogen and oxygen atoms in total. The number of anilines is 1. The van der Waals surface area contributed by atoms with Crippen LogP contribution in [0.4, 0.5) is 5.69 Å². The average molecular weight is 297 g/mol. The maximum atomic E-state index is 11.6. The van der Waals surface area contributed by atoms with Crippen LogP contribution in [0, 0.1) is 12.8 Å². The summed E-state index contributed by atoms with van der Waals surface area (Å²) in [6.45, 7) is 3.19. The smallest absolute Gasteiger partial charge is 0.239 e. The van der Waals surface area contributed by atoms with Gasteiger partial charge in [-0.15, -0.1) is 0 Å². The van der Waals surface area contributed by atoms with Crippen LogP contribution in [0.25, 0.3) is 0 Å². The standard InChI is InChI=1S/C13H17BrN2O/c1-9-2-5-11(14)12(6-9)15-8-13(17)16-7-10-3-4-10/h2,5-6,10,15H,3-4,7-8H2,1H3,(H,16,17). The Labute approximate surface area is 110 Å². The number of benzene rings is 1. The Hall–Kier alpha value is -1.03. The van der Waals surface area contributed by atoms with Gasteiger partial charge in [0.2, 0.25) is 5.91 Å². The molecule has 2 N–H and O–H groups in total. The van der Waals surface area contributed by atoms with Crippen LogP contribution in [0.1, 0.15) is 18.4 Å². The molecule has 17 heavy (non-hydrogen) atoms. The summed E-state index contributed by atoms with van der Waals surface area (Å²) in [7, 11) is 0. The molecular formula is C13H17BrN2O. The molecule has 1 aliphatic rings. The summed E-state index contributed by atoms with van der Waals surface area (Å²) in [5.74, 6) is 0.787. The molecule has 1 aromatic rings. The van der Waals surface area contributed by atoms with Gasteiger partial charge in [0.15, 0.2) is 0 Å². The van der Waals surface area contributed by atoms with E-state index in [-0.39, 0.29) is 5.91 Å². The maximum Gasteiger partial charge on any atom is 0.239 e. The number of hydrogen-bond acceptors (Lipinski definition) is 2. The number of nitrogens with one attached hydrogen (secondary N) is 2. The molecule has 0 aromatic heterocycles. The van der Waals surface area contributed by atoms with Crippen molar-refractivity contribution in [3.8, 4) is 0 Å². The highest BCUT2D eigenvalue weighted by Crippen LogP contribution is 2.27. The maximum absolute atomic E-state index is 11.6. The fourth-order valence-corrected chi connectivity index (χ4v) is 1.98. The highest BCUT2D eigenvalue weighted by molar-refractivity contribution is 9.10. The van der Waals surface area contributed by atoms with Crippen molar-refractivity contribution < 1.29 is 4.79 Å². The van der Waals surface area contributed by atoms with E-state index >= 15 is 0 Å². The van der Waals surface area contributed by atoms with Crippen molar-refractivity contribution in [3.63, 3.8) is 0 Å². The van der Waals surface area contributed by atoms with Gasteiger partial charge in [0.1, 0.15) is 0 Å². The Morgan fingerprint density at radius 1 is 1.47 bits per heavy atom. The van der Waals surface area contributed by atoms with E-state index in [2.05, 4.69) is 26.6 Å². The zero-order valence-electron chi connectivity index (χ0n) is 9.92. The zero-order chi connectivity index (χ0) is 12.3. The zero-order valence-corrected chi connectivity index (χ0v) is 11.5. The van der Waals surface area contributed by atoms with Gasteiger partial charge in [-0.25, -0.2) is 0 Å². The van der Waals surface area contributed by atoms with Crippen LogP contribution in [0.15, 0.2) is 22.7 Å². The molecule has 92 valence electrons. The largest absolute Gasteiger partial charge is 0.375 e. The van der Waals surface area contributed by atoms with Crippen molar-refractivity contribution in [3.05, 3.63) is 28.2 Å². The molecule has 0 radical (unpaired) electrons. The molecule has 1 saturated carbocycles. The Morgan fingerprint density at radius 3 is 2.94 bits per heavy atom. The van der Waals surface area contributed by atoms with Gasteiger partial charge in [0.05, 0.1) is 6.54 Å². The van der Waals surface area contributed by atoms with Crippen LogP contribution in [-0.2, 0) is 4.79 Å². The summed E-state index contributed by atoms with van der Waals surface area (Å²) in [6.07, 6.45) is 2.52. The van der Waals surface area contributed by atoms with E-state index in [1.807, 2.05) is 25.1 Å². The van der Waals surface area contributed by atoms with E-state index < -0.39 is 0 Å². The van der Waals surface area contributed by atoms with Gasteiger partial charge in [-0.05, 0) is 59.3 Å². The van der Waals surface area contributed by atoms with Crippen molar-refractivity contribution in [1.29, 1.82) is 0 Å². The predicted molar refractivity (Wildman–Crippen MR) is 73.1 cm³/mol. The lowest BCUT2D eigenvalue weighted by Crippen LogP contribution is -2.31. The quantitative estimate of drug-likeness (QED) is 0.877. The van der Waals surface area contributed by atoms with Crippen LogP contribution in [0.3, 0.4) is 0 Å². The molecule has 0 saturated heterocycles. The molecular weight excluding hydrogens is 280 g/mol. The van der Waals surface area contributed by atoms with Crippen molar-refractivity contribution in [2.24, 2.45) is 5.92 Å². The van der Waals surface area contributed by atoms with Gasteiger partial charge in [0, 0.05) is 16.7 Å². The van der Waals surface area contributed by atoms with Crippen molar-refractivity contribution in [2.45, 2.75) is 19.8 Å². The molecule has 4 heteroatoms. The second kappa shape index (κ2) is 5.54. The van der Waals surface area contributed by atoms with E-state index in [1.54, 1.807) is 0 Å². The molecule has 1 aromatic carbocycles. The first-order valence-corrected chi connectivity index (χ1v) is 6.71. The number of hydrogen-bond donors (Lipinski definition) is 2. The summed E-state index contributed by atoms with van der Waals surface area (Å²) < 4.78 is 0.984. The number of carbonyl (C=O) groups is 1. The first-order chi connectivity index (χ1) is 8.15. The van der Waals surface area contributed by atoms with E-state index in [9.17, 15) is 4.79 Å². The molecule has 1 fully saturated rings. The molecule has 0 heterocycles. The highest BCUT2D eigenvalue weighted by atomic mass is 79.9. The summed E-state index contributed by atoms with van der Waals surface area (Å²) in [5.41, 5.74) is 2.14. The normalized spacial score (nSPS) is 14.5. The minimum absolute atomic E-state index is 0.0605. The molecule has 0 aliphatic heterocycles. The van der Waals surface area contributed by atoms with Crippen molar-refractivity contribution >= 4 is 27.5 Å². The van der Waals surface area contributed by atoms with E-state index in [0.29, 0.717) is 6.54 Å². The minimum Gasteiger partial charge on any atom is -0.375 e. The van der Waals surface area contributed by atoms with Crippen LogP contribution in [0.5, 0.6) is 0 Å². The molecule has 1 aliphatic carbocycles. The van der Waals surface area contributed by atoms with Crippen LogP contribution < -0.4 is 10.6 Å². The van der Waals surface area contributed by atoms with Crippen LogP contribution in [-0.4, -0.2) is 19.0 Å². The topological polar surface area (TPSA) is 41.1 Å². The Kier molecular flexibility index (Phi) is 4.05. The number of amides is 1. The third-order valence-corrected chi connectivity index (χ3v) is 3.54. The van der Waals surface area contributed by atoms with E-state index in [0.717, 1.165) is 22.6 Å². The number of aryl methyl sites for hydroxylation is 1. The molecule has 0 bridgehead atoms. The fraction of sp³-hybridized carbons (Fsp3) is 0.462.